The number of H-pyrrole nitrogens is 1. The lowest BCUT2D eigenvalue weighted by Gasteiger charge is -2.23. The van der Waals surface area contributed by atoms with Gasteiger partial charge < -0.3 is 10.3 Å². The Morgan fingerprint density at radius 3 is 2.90 bits per heavy atom. The quantitative estimate of drug-likeness (QED) is 0.717. The van der Waals surface area contributed by atoms with Crippen molar-refractivity contribution in [1.29, 1.82) is 0 Å². The molecule has 0 atom stereocenters. The van der Waals surface area contributed by atoms with E-state index in [1.165, 1.54) is 0 Å². The first kappa shape index (κ1) is 12.6. The van der Waals surface area contributed by atoms with Crippen LogP contribution in [0.4, 0.5) is 0 Å². The lowest BCUT2D eigenvalue weighted by atomic mass is 9.94. The molecule has 5 heteroatoms. The largest absolute Gasteiger partial charge is 0.317 e. The summed E-state index contributed by atoms with van der Waals surface area (Å²) in [4.78, 5) is 15.0. The van der Waals surface area contributed by atoms with Crippen molar-refractivity contribution in [3.63, 3.8) is 0 Å². The summed E-state index contributed by atoms with van der Waals surface area (Å²) < 4.78 is 1.94. The first-order chi connectivity index (χ1) is 10.2. The summed E-state index contributed by atoms with van der Waals surface area (Å²) in [7, 11) is 0. The summed E-state index contributed by atoms with van der Waals surface area (Å²) >= 11 is 0. The van der Waals surface area contributed by atoms with Gasteiger partial charge in [0.25, 0.3) is 5.56 Å². The fourth-order valence-electron chi connectivity index (χ4n) is 3.37. The van der Waals surface area contributed by atoms with Crippen LogP contribution in [0.5, 0.6) is 0 Å². The maximum Gasteiger partial charge on any atom is 0.251 e. The Kier molecular flexibility index (Phi) is 2.82. The lowest BCUT2D eigenvalue weighted by molar-refractivity contribution is 0.446. The number of aromatic nitrogens is 3. The molecule has 2 aromatic heterocycles. The summed E-state index contributed by atoms with van der Waals surface area (Å²) in [6, 6.07) is 7.77. The number of benzene rings is 1. The third-order valence-corrected chi connectivity index (χ3v) is 4.43. The maximum atomic E-state index is 12.1. The number of aromatic amines is 1. The van der Waals surface area contributed by atoms with Crippen LogP contribution in [0.1, 0.15) is 30.0 Å². The van der Waals surface area contributed by atoms with E-state index in [-0.39, 0.29) is 5.56 Å². The molecule has 3 heterocycles. The number of hydrogen-bond donors (Lipinski definition) is 2. The molecule has 0 spiro atoms. The van der Waals surface area contributed by atoms with Crippen LogP contribution in [0.3, 0.4) is 0 Å². The Balaban J connectivity index is 2.05. The zero-order valence-corrected chi connectivity index (χ0v) is 12.0. The summed E-state index contributed by atoms with van der Waals surface area (Å²) in [5.41, 5.74) is 3.89. The van der Waals surface area contributed by atoms with E-state index in [0.717, 1.165) is 53.7 Å². The van der Waals surface area contributed by atoms with Crippen molar-refractivity contribution < 1.29 is 0 Å². The third kappa shape index (κ3) is 1.96. The SMILES string of the molecule is Cc1cccc2nn3c(C4CCNCC4)cc(=O)[nH]c3c12. The van der Waals surface area contributed by atoms with Crippen LogP contribution in [0.2, 0.25) is 0 Å². The molecule has 0 bridgehead atoms. The van der Waals surface area contributed by atoms with Crippen LogP contribution in [-0.4, -0.2) is 27.7 Å². The molecule has 2 N–H and O–H groups in total. The smallest absolute Gasteiger partial charge is 0.251 e. The van der Waals surface area contributed by atoms with Gasteiger partial charge >= 0.3 is 0 Å². The maximum absolute atomic E-state index is 12.1. The van der Waals surface area contributed by atoms with Crippen LogP contribution < -0.4 is 10.9 Å². The summed E-state index contributed by atoms with van der Waals surface area (Å²) in [5, 5.41) is 9.13. The Bertz CT molecular complexity index is 871. The second-order valence-electron chi connectivity index (χ2n) is 5.81. The molecule has 1 aliphatic rings. The normalized spacial score (nSPS) is 16.8. The average Bonchev–Trinajstić information content (AvgIpc) is 2.87. The monoisotopic (exact) mass is 282 g/mol. The second-order valence-corrected chi connectivity index (χ2v) is 5.81. The molecule has 108 valence electrons. The van der Waals surface area contributed by atoms with E-state index >= 15 is 0 Å². The van der Waals surface area contributed by atoms with E-state index < -0.39 is 0 Å². The van der Waals surface area contributed by atoms with Gasteiger partial charge in [0.1, 0.15) is 5.65 Å². The van der Waals surface area contributed by atoms with Gasteiger partial charge in [-0.1, -0.05) is 12.1 Å². The molecular weight excluding hydrogens is 264 g/mol. The molecule has 0 saturated carbocycles. The van der Waals surface area contributed by atoms with E-state index in [0.29, 0.717) is 5.92 Å². The van der Waals surface area contributed by atoms with Gasteiger partial charge in [-0.05, 0) is 44.5 Å². The van der Waals surface area contributed by atoms with E-state index in [4.69, 9.17) is 5.10 Å². The highest BCUT2D eigenvalue weighted by Gasteiger charge is 2.20. The van der Waals surface area contributed by atoms with Crippen LogP contribution in [0.15, 0.2) is 29.1 Å². The molecule has 0 unspecified atom stereocenters. The topological polar surface area (TPSA) is 62.2 Å². The first-order valence-electron chi connectivity index (χ1n) is 7.46. The standard InChI is InChI=1S/C16H18N4O/c1-10-3-2-4-12-15(10)16-18-14(21)9-13(20(16)19-12)11-5-7-17-8-6-11/h2-4,9,11,17H,5-8H2,1H3,(H,18,21). The fraction of sp³-hybridized carbons (Fsp3) is 0.375. The van der Waals surface area contributed by atoms with Crippen molar-refractivity contribution in [2.75, 3.05) is 13.1 Å². The second kappa shape index (κ2) is 4.70. The van der Waals surface area contributed by atoms with E-state index in [2.05, 4.69) is 23.3 Å². The predicted octanol–water partition coefficient (Wildman–Crippen LogP) is 1.95. The van der Waals surface area contributed by atoms with Crippen molar-refractivity contribution in [1.82, 2.24) is 19.9 Å². The zero-order valence-electron chi connectivity index (χ0n) is 12.0. The van der Waals surface area contributed by atoms with E-state index in [1.54, 1.807) is 6.07 Å². The van der Waals surface area contributed by atoms with Gasteiger partial charge in [0.15, 0.2) is 0 Å². The average molecular weight is 282 g/mol. The number of aryl methyl sites for hydroxylation is 1. The van der Waals surface area contributed by atoms with Gasteiger partial charge in [-0.15, -0.1) is 0 Å². The van der Waals surface area contributed by atoms with Gasteiger partial charge in [-0.25, -0.2) is 4.52 Å². The van der Waals surface area contributed by atoms with Gasteiger partial charge in [0.2, 0.25) is 0 Å². The minimum absolute atomic E-state index is 0.0407. The Morgan fingerprint density at radius 2 is 2.10 bits per heavy atom. The summed E-state index contributed by atoms with van der Waals surface area (Å²) in [6.07, 6.45) is 2.10. The van der Waals surface area contributed by atoms with Crippen LogP contribution in [0, 0.1) is 6.92 Å². The summed E-state index contributed by atoms with van der Waals surface area (Å²) in [6.45, 7) is 4.05. The minimum atomic E-state index is -0.0407. The lowest BCUT2D eigenvalue weighted by Crippen LogP contribution is -2.28. The number of piperidine rings is 1. The van der Waals surface area contributed by atoms with Gasteiger partial charge in [0, 0.05) is 17.4 Å². The van der Waals surface area contributed by atoms with Crippen molar-refractivity contribution in [3.8, 4) is 0 Å². The van der Waals surface area contributed by atoms with Crippen molar-refractivity contribution in [2.45, 2.75) is 25.7 Å². The number of rotatable bonds is 1. The molecular formula is C16H18N4O. The number of fused-ring (bicyclic) bond motifs is 3. The number of nitrogens with zero attached hydrogens (tertiary/aromatic N) is 2. The highest BCUT2D eigenvalue weighted by atomic mass is 16.1. The van der Waals surface area contributed by atoms with Crippen molar-refractivity contribution in [3.05, 3.63) is 45.9 Å². The fourth-order valence-corrected chi connectivity index (χ4v) is 3.37. The highest BCUT2D eigenvalue weighted by Crippen LogP contribution is 2.27. The predicted molar refractivity (Wildman–Crippen MR) is 82.9 cm³/mol. The van der Waals surface area contributed by atoms with Crippen LogP contribution in [-0.2, 0) is 0 Å². The molecule has 0 amide bonds. The molecule has 3 aromatic rings. The Labute approximate surface area is 122 Å². The van der Waals surface area contributed by atoms with Gasteiger partial charge in [-0.3, -0.25) is 4.79 Å². The van der Waals surface area contributed by atoms with Gasteiger partial charge in [-0.2, -0.15) is 5.10 Å². The molecule has 0 aliphatic carbocycles. The molecule has 1 saturated heterocycles. The summed E-state index contributed by atoms with van der Waals surface area (Å²) in [5.74, 6) is 0.394. The molecule has 1 fully saturated rings. The highest BCUT2D eigenvalue weighted by molar-refractivity contribution is 5.94. The first-order valence-corrected chi connectivity index (χ1v) is 7.46. The van der Waals surface area contributed by atoms with Crippen LogP contribution >= 0.6 is 0 Å². The number of nitrogens with one attached hydrogen (secondary N) is 2. The molecule has 1 aliphatic heterocycles. The van der Waals surface area contributed by atoms with Crippen molar-refractivity contribution in [2.24, 2.45) is 0 Å². The minimum Gasteiger partial charge on any atom is -0.317 e. The van der Waals surface area contributed by atoms with E-state index in [9.17, 15) is 4.79 Å². The Hall–Kier alpha value is -2.14. The third-order valence-electron chi connectivity index (χ3n) is 4.43. The van der Waals surface area contributed by atoms with Gasteiger partial charge in [0.05, 0.1) is 11.2 Å². The zero-order chi connectivity index (χ0) is 14.4. The molecule has 0 radical (unpaired) electrons. The number of hydrogen-bond acceptors (Lipinski definition) is 3. The van der Waals surface area contributed by atoms with Crippen LogP contribution in [0.25, 0.3) is 16.6 Å². The van der Waals surface area contributed by atoms with Crippen molar-refractivity contribution >= 4 is 16.6 Å². The molecule has 4 rings (SSSR count). The molecule has 21 heavy (non-hydrogen) atoms. The van der Waals surface area contributed by atoms with E-state index in [1.807, 2.05) is 16.6 Å². The Morgan fingerprint density at radius 1 is 1.29 bits per heavy atom. The molecule has 5 nitrogen and oxygen atoms in total. The molecule has 1 aromatic carbocycles.